The third-order valence-corrected chi connectivity index (χ3v) is 9.67. The van der Waals surface area contributed by atoms with E-state index in [1.54, 1.807) is 0 Å². The molecular formula is C33H39N7O3. The van der Waals surface area contributed by atoms with E-state index in [2.05, 4.69) is 69.6 Å². The molecule has 10 nitrogen and oxygen atoms in total. The van der Waals surface area contributed by atoms with Gasteiger partial charge in [0.25, 0.3) is 0 Å². The Morgan fingerprint density at radius 3 is 2.67 bits per heavy atom. The molecule has 1 amide bonds. The smallest absolute Gasteiger partial charge is 0.417 e. The lowest BCUT2D eigenvalue weighted by molar-refractivity contribution is 0.112. The van der Waals surface area contributed by atoms with Gasteiger partial charge in [-0.25, -0.2) is 4.79 Å². The number of hydrogen-bond donors (Lipinski definition) is 1. The third-order valence-electron chi connectivity index (χ3n) is 9.67. The number of amides is 1. The van der Waals surface area contributed by atoms with Crippen molar-refractivity contribution in [3.05, 3.63) is 53.2 Å². The van der Waals surface area contributed by atoms with Crippen LogP contribution in [0.4, 0.5) is 10.5 Å². The van der Waals surface area contributed by atoms with Gasteiger partial charge in [-0.05, 0) is 69.1 Å². The third kappa shape index (κ3) is 5.48. The fourth-order valence-electron chi connectivity index (χ4n) is 7.36. The second kappa shape index (κ2) is 12.0. The number of aromatic nitrogens is 2. The van der Waals surface area contributed by atoms with Crippen LogP contribution >= 0.6 is 0 Å². The fourth-order valence-corrected chi connectivity index (χ4v) is 7.36. The highest BCUT2D eigenvalue weighted by Gasteiger charge is 2.41. The summed E-state index contributed by atoms with van der Waals surface area (Å²) in [5.74, 6) is 0.329. The topological polar surface area (TPSA) is 107 Å². The number of anilines is 1. The predicted octanol–water partition coefficient (Wildman–Crippen LogP) is 4.06. The summed E-state index contributed by atoms with van der Waals surface area (Å²) in [6, 6.07) is 15.9. The summed E-state index contributed by atoms with van der Waals surface area (Å²) in [6.07, 6.45) is 5.73. The monoisotopic (exact) mass is 581 g/mol. The fraction of sp³-hybridized carbons (Fsp3) is 0.515. The molecule has 2 unspecified atom stereocenters. The molecule has 43 heavy (non-hydrogen) atoms. The average Bonchev–Trinajstić information content (AvgIpc) is 3.56. The number of likely N-dealkylation sites (tertiary alicyclic amines) is 1. The first-order valence-electron chi connectivity index (χ1n) is 15.6. The van der Waals surface area contributed by atoms with Crippen molar-refractivity contribution < 1.29 is 14.3 Å². The quantitative estimate of drug-likeness (QED) is 0.442. The number of nitrogens with one attached hydrogen (secondary N) is 1. The molecule has 1 N–H and O–H groups in total. The maximum Gasteiger partial charge on any atom is 0.417 e. The maximum absolute atomic E-state index is 13.5. The van der Waals surface area contributed by atoms with E-state index in [1.165, 1.54) is 10.9 Å². The summed E-state index contributed by atoms with van der Waals surface area (Å²) in [5.41, 5.74) is 4.00. The molecule has 224 valence electrons. The highest BCUT2D eigenvalue weighted by atomic mass is 16.6. The van der Waals surface area contributed by atoms with Gasteiger partial charge in [0, 0.05) is 60.8 Å². The molecule has 5 heterocycles. The zero-order valence-electron chi connectivity index (χ0n) is 24.8. The molecule has 1 aromatic heterocycles. The van der Waals surface area contributed by atoms with Crippen molar-refractivity contribution in [1.29, 1.82) is 5.26 Å². The number of piperazine rings is 1. The lowest BCUT2D eigenvalue weighted by Crippen LogP contribution is -2.55. The van der Waals surface area contributed by atoms with Gasteiger partial charge in [-0.3, -0.25) is 4.90 Å². The van der Waals surface area contributed by atoms with Crippen LogP contribution in [0.25, 0.3) is 10.8 Å². The molecule has 2 bridgehead atoms. The first-order valence-corrected chi connectivity index (χ1v) is 15.6. The van der Waals surface area contributed by atoms with Crippen LogP contribution in [0.3, 0.4) is 0 Å². The van der Waals surface area contributed by atoms with E-state index in [0.29, 0.717) is 44.3 Å². The highest BCUT2D eigenvalue weighted by molar-refractivity contribution is 5.97. The number of likely N-dealkylation sites (N-methyl/N-ethyl adjacent to an activating group) is 1. The SMILES string of the molecule is CN1CCC[C@H]1COc1nc2c(c(OC(=O)N3C4CCC3CNC4)n1)CCN(c1cccc3cccc(CCC#N)c13)C2. The maximum atomic E-state index is 13.5. The number of fused-ring (bicyclic) bond motifs is 4. The van der Waals surface area contributed by atoms with Crippen LogP contribution in [-0.2, 0) is 19.4 Å². The van der Waals surface area contributed by atoms with Gasteiger partial charge in [0.2, 0.25) is 5.88 Å². The lowest BCUT2D eigenvalue weighted by Gasteiger charge is -2.35. The van der Waals surface area contributed by atoms with E-state index in [1.807, 2.05) is 4.90 Å². The van der Waals surface area contributed by atoms with Crippen molar-refractivity contribution in [3.8, 4) is 18.0 Å². The largest absolute Gasteiger partial charge is 0.462 e. The van der Waals surface area contributed by atoms with E-state index < -0.39 is 0 Å². The molecular weight excluding hydrogens is 542 g/mol. The first-order chi connectivity index (χ1) is 21.1. The number of rotatable bonds is 7. The van der Waals surface area contributed by atoms with Crippen LogP contribution in [0.15, 0.2) is 36.4 Å². The molecule has 4 aliphatic rings. The summed E-state index contributed by atoms with van der Waals surface area (Å²) in [4.78, 5) is 29.7. The number of carbonyl (C=O) groups is 1. The van der Waals surface area contributed by atoms with Gasteiger partial charge in [0.05, 0.1) is 18.3 Å². The van der Waals surface area contributed by atoms with Crippen molar-refractivity contribution in [2.45, 2.75) is 69.6 Å². The summed E-state index contributed by atoms with van der Waals surface area (Å²) in [6.45, 7) is 4.44. The molecule has 2 aromatic carbocycles. The zero-order valence-corrected chi connectivity index (χ0v) is 24.8. The zero-order chi connectivity index (χ0) is 29.3. The summed E-state index contributed by atoms with van der Waals surface area (Å²) < 4.78 is 12.3. The van der Waals surface area contributed by atoms with Crippen LogP contribution in [-0.4, -0.2) is 83.8 Å². The Balaban J connectivity index is 1.20. The molecule has 0 aliphatic carbocycles. The van der Waals surface area contributed by atoms with Crippen molar-refractivity contribution in [2.24, 2.45) is 0 Å². The van der Waals surface area contributed by atoms with Gasteiger partial charge < -0.3 is 24.6 Å². The molecule has 3 aromatic rings. The van der Waals surface area contributed by atoms with Crippen LogP contribution in [0.2, 0.25) is 0 Å². The summed E-state index contributed by atoms with van der Waals surface area (Å²) in [5, 5.41) is 15.0. The number of nitrogens with zero attached hydrogens (tertiary/aromatic N) is 6. The van der Waals surface area contributed by atoms with Gasteiger partial charge in [-0.15, -0.1) is 0 Å². The van der Waals surface area contributed by atoms with E-state index >= 15 is 0 Å². The Kier molecular flexibility index (Phi) is 7.76. The predicted molar refractivity (Wildman–Crippen MR) is 163 cm³/mol. The number of aryl methyl sites for hydroxylation is 1. The second-order valence-electron chi connectivity index (χ2n) is 12.3. The molecule has 3 fully saturated rings. The molecule has 3 saturated heterocycles. The number of nitriles is 1. The van der Waals surface area contributed by atoms with Gasteiger partial charge >= 0.3 is 12.1 Å². The minimum atomic E-state index is -0.324. The summed E-state index contributed by atoms with van der Waals surface area (Å²) in [7, 11) is 2.12. The molecule has 7 rings (SSSR count). The van der Waals surface area contributed by atoms with Crippen LogP contribution in [0, 0.1) is 11.3 Å². The van der Waals surface area contributed by atoms with Crippen molar-refractivity contribution >= 4 is 22.6 Å². The van der Waals surface area contributed by atoms with Gasteiger partial charge in [0.15, 0.2) is 0 Å². The van der Waals surface area contributed by atoms with E-state index in [-0.39, 0.29) is 24.2 Å². The molecule has 3 atom stereocenters. The van der Waals surface area contributed by atoms with E-state index in [4.69, 9.17) is 14.5 Å². The average molecular weight is 582 g/mol. The van der Waals surface area contributed by atoms with Crippen LogP contribution < -0.4 is 19.7 Å². The van der Waals surface area contributed by atoms with Gasteiger partial charge in [-0.1, -0.05) is 30.3 Å². The number of benzene rings is 2. The van der Waals surface area contributed by atoms with Crippen LogP contribution in [0.1, 0.15) is 48.9 Å². The molecule has 0 spiro atoms. The lowest BCUT2D eigenvalue weighted by atomic mass is 9.97. The number of carbonyl (C=O) groups excluding carboxylic acids is 1. The van der Waals surface area contributed by atoms with E-state index in [9.17, 15) is 10.1 Å². The minimum absolute atomic E-state index is 0.162. The standard InChI is InChI=1S/C33H39N7O3/c1-38-16-5-10-26(38)21-42-32-36-28-20-39(29-11-3-8-22-6-2-7-23(30(22)29)9-4-15-34)17-14-27(28)31(37-32)43-33(41)40-24-12-13-25(40)19-35-18-24/h2-3,6-8,11,24-26,35H,4-5,9-10,12-14,16-21H2,1H3/t24?,25?,26-/m0/s1. The normalized spacial score (nSPS) is 23.3. The van der Waals surface area contributed by atoms with Crippen LogP contribution in [0.5, 0.6) is 11.9 Å². The first kappa shape index (κ1) is 27.9. The highest BCUT2D eigenvalue weighted by Crippen LogP contribution is 2.36. The molecule has 0 saturated carbocycles. The van der Waals surface area contributed by atoms with Crippen molar-refractivity contribution in [3.63, 3.8) is 0 Å². The number of ether oxygens (including phenoxy) is 2. The molecule has 0 radical (unpaired) electrons. The Morgan fingerprint density at radius 2 is 1.91 bits per heavy atom. The molecule has 10 heteroatoms. The Bertz CT molecular complexity index is 1530. The van der Waals surface area contributed by atoms with Gasteiger partial charge in [-0.2, -0.15) is 15.2 Å². The van der Waals surface area contributed by atoms with Crippen molar-refractivity contribution in [2.75, 3.05) is 44.7 Å². The van der Waals surface area contributed by atoms with E-state index in [0.717, 1.165) is 74.2 Å². The Morgan fingerprint density at radius 1 is 1.09 bits per heavy atom. The Hall–Kier alpha value is -3.94. The second-order valence-corrected chi connectivity index (χ2v) is 12.3. The van der Waals surface area contributed by atoms with Crippen molar-refractivity contribution in [1.82, 2.24) is 25.1 Å². The summed E-state index contributed by atoms with van der Waals surface area (Å²) >= 11 is 0. The number of hydrogen-bond acceptors (Lipinski definition) is 9. The van der Waals surface area contributed by atoms with Gasteiger partial charge in [0.1, 0.15) is 6.61 Å². The Labute approximate surface area is 252 Å². The molecule has 4 aliphatic heterocycles. The minimum Gasteiger partial charge on any atom is -0.462 e.